The van der Waals surface area contributed by atoms with E-state index in [0.29, 0.717) is 23.4 Å². The minimum Gasteiger partial charge on any atom is -0.462 e. The third-order valence-electron chi connectivity index (χ3n) is 5.13. The van der Waals surface area contributed by atoms with Crippen LogP contribution in [0.3, 0.4) is 0 Å². The zero-order valence-electron chi connectivity index (χ0n) is 15.6. The van der Waals surface area contributed by atoms with Gasteiger partial charge in [0.25, 0.3) is 0 Å². The number of fused-ring (bicyclic) bond motifs is 1. The highest BCUT2D eigenvalue weighted by Crippen LogP contribution is 2.39. The van der Waals surface area contributed by atoms with E-state index in [-0.39, 0.29) is 35.4 Å². The lowest BCUT2D eigenvalue weighted by molar-refractivity contribution is -0.146. The smallest absolute Gasteiger partial charge is 0.350 e. The monoisotopic (exact) mass is 393 g/mol. The van der Waals surface area contributed by atoms with E-state index in [2.05, 4.69) is 10.3 Å². The van der Waals surface area contributed by atoms with Crippen LogP contribution in [0.2, 0.25) is 0 Å². The van der Waals surface area contributed by atoms with E-state index in [9.17, 15) is 19.2 Å². The minimum absolute atomic E-state index is 0.240. The quantitative estimate of drug-likeness (QED) is 0.607. The van der Waals surface area contributed by atoms with Crippen LogP contribution in [-0.4, -0.2) is 46.2 Å². The Bertz CT molecular complexity index is 766. The molecule has 3 amide bonds. The van der Waals surface area contributed by atoms with E-state index in [1.54, 1.807) is 13.8 Å². The van der Waals surface area contributed by atoms with E-state index in [1.165, 1.54) is 6.92 Å². The molecule has 1 saturated carbocycles. The van der Waals surface area contributed by atoms with E-state index in [4.69, 9.17) is 4.74 Å². The Hall–Kier alpha value is -2.29. The molecule has 27 heavy (non-hydrogen) atoms. The van der Waals surface area contributed by atoms with Crippen LogP contribution in [0.15, 0.2) is 0 Å². The Morgan fingerprint density at radius 2 is 1.85 bits per heavy atom. The maximum Gasteiger partial charge on any atom is 0.350 e. The number of likely N-dealkylation sites (tertiary alicyclic amines) is 1. The van der Waals surface area contributed by atoms with Crippen LogP contribution in [0.4, 0.5) is 5.13 Å². The highest BCUT2D eigenvalue weighted by atomic mass is 32.1. The van der Waals surface area contributed by atoms with Crippen LogP contribution in [0, 0.1) is 18.8 Å². The van der Waals surface area contributed by atoms with Crippen molar-refractivity contribution in [1.82, 2.24) is 9.88 Å². The summed E-state index contributed by atoms with van der Waals surface area (Å²) in [5.41, 5.74) is 0.459. The number of rotatable bonds is 5. The standard InChI is InChI=1S/C18H23N3O5S/c1-4-26-17(25)13-9(2)19-18(27-13)20-14(22)10(3)21-15(23)11-7-5-6-8-12(11)16(21)24/h10-12H,4-8H2,1-3H3,(H,19,20,22)/t10-,11-,12+/m1/s1. The normalized spacial score (nSPS) is 23.1. The fourth-order valence-electron chi connectivity index (χ4n) is 3.73. The lowest BCUT2D eigenvalue weighted by atomic mass is 9.81. The highest BCUT2D eigenvalue weighted by molar-refractivity contribution is 7.17. The van der Waals surface area contributed by atoms with Crippen molar-refractivity contribution in [3.8, 4) is 0 Å². The first-order chi connectivity index (χ1) is 12.8. The van der Waals surface area contributed by atoms with Crippen LogP contribution < -0.4 is 5.32 Å². The Balaban J connectivity index is 1.71. The van der Waals surface area contributed by atoms with Crippen molar-refractivity contribution in [3.63, 3.8) is 0 Å². The van der Waals surface area contributed by atoms with Crippen molar-refractivity contribution in [2.75, 3.05) is 11.9 Å². The number of thiazole rings is 1. The number of nitrogens with zero attached hydrogens (tertiary/aromatic N) is 2. The van der Waals surface area contributed by atoms with Gasteiger partial charge in [-0.3, -0.25) is 19.3 Å². The fraction of sp³-hybridized carbons (Fsp3) is 0.611. The Labute approximate surface area is 161 Å². The number of amides is 3. The molecule has 0 bridgehead atoms. The molecular weight excluding hydrogens is 370 g/mol. The molecule has 1 aliphatic heterocycles. The summed E-state index contributed by atoms with van der Waals surface area (Å²) < 4.78 is 4.96. The number of hydrogen-bond acceptors (Lipinski definition) is 7. The molecule has 1 aliphatic carbocycles. The summed E-state index contributed by atoms with van der Waals surface area (Å²) in [6.45, 7) is 5.14. The first kappa shape index (κ1) is 19.5. The number of nitrogens with one attached hydrogen (secondary N) is 1. The first-order valence-corrected chi connectivity index (χ1v) is 9.99. The first-order valence-electron chi connectivity index (χ1n) is 9.17. The molecule has 0 radical (unpaired) electrons. The van der Waals surface area contributed by atoms with Crippen LogP contribution >= 0.6 is 11.3 Å². The number of aromatic nitrogens is 1. The number of imide groups is 1. The summed E-state index contributed by atoms with van der Waals surface area (Å²) in [5.74, 6) is -2.09. The average molecular weight is 393 g/mol. The number of hydrogen-bond donors (Lipinski definition) is 1. The van der Waals surface area contributed by atoms with Crippen molar-refractivity contribution in [3.05, 3.63) is 10.6 Å². The van der Waals surface area contributed by atoms with Gasteiger partial charge in [-0.2, -0.15) is 0 Å². The molecule has 2 aliphatic rings. The van der Waals surface area contributed by atoms with Crippen molar-refractivity contribution in [2.24, 2.45) is 11.8 Å². The van der Waals surface area contributed by atoms with Gasteiger partial charge < -0.3 is 10.1 Å². The summed E-state index contributed by atoms with van der Waals surface area (Å²) in [7, 11) is 0. The van der Waals surface area contributed by atoms with Crippen LogP contribution in [0.25, 0.3) is 0 Å². The van der Waals surface area contributed by atoms with E-state index in [0.717, 1.165) is 29.1 Å². The highest BCUT2D eigenvalue weighted by Gasteiger charge is 2.50. The van der Waals surface area contributed by atoms with Crippen LogP contribution in [0.1, 0.15) is 54.9 Å². The number of anilines is 1. The Morgan fingerprint density at radius 1 is 1.26 bits per heavy atom. The van der Waals surface area contributed by atoms with E-state index in [1.807, 2.05) is 0 Å². The van der Waals surface area contributed by atoms with Crippen molar-refractivity contribution >= 4 is 40.2 Å². The molecule has 2 fully saturated rings. The van der Waals surface area contributed by atoms with Crippen molar-refractivity contribution in [1.29, 1.82) is 0 Å². The topological polar surface area (TPSA) is 106 Å². The van der Waals surface area contributed by atoms with Gasteiger partial charge in [0.05, 0.1) is 24.1 Å². The molecule has 2 heterocycles. The molecule has 1 aromatic heterocycles. The van der Waals surface area contributed by atoms with Crippen LogP contribution in [0.5, 0.6) is 0 Å². The molecule has 146 valence electrons. The van der Waals surface area contributed by atoms with Gasteiger partial charge in [-0.05, 0) is 33.6 Å². The molecule has 1 aromatic rings. The van der Waals surface area contributed by atoms with Gasteiger partial charge in [0.2, 0.25) is 17.7 Å². The number of carbonyl (C=O) groups is 4. The predicted molar refractivity (Wildman–Crippen MR) is 98.2 cm³/mol. The zero-order chi connectivity index (χ0) is 19.7. The van der Waals surface area contributed by atoms with Gasteiger partial charge in [-0.1, -0.05) is 24.2 Å². The summed E-state index contributed by atoms with van der Waals surface area (Å²) in [4.78, 5) is 55.3. The molecule has 3 rings (SSSR count). The second-order valence-electron chi connectivity index (χ2n) is 6.86. The number of carbonyl (C=O) groups excluding carboxylic acids is 4. The zero-order valence-corrected chi connectivity index (χ0v) is 16.4. The van der Waals surface area contributed by atoms with E-state index < -0.39 is 17.9 Å². The van der Waals surface area contributed by atoms with Gasteiger partial charge in [-0.25, -0.2) is 9.78 Å². The second kappa shape index (κ2) is 7.75. The molecule has 1 N–H and O–H groups in total. The van der Waals surface area contributed by atoms with Crippen molar-refractivity contribution < 1.29 is 23.9 Å². The summed E-state index contributed by atoms with van der Waals surface area (Å²) >= 11 is 1.01. The molecule has 0 aromatic carbocycles. The summed E-state index contributed by atoms with van der Waals surface area (Å²) in [5, 5.41) is 2.85. The summed E-state index contributed by atoms with van der Waals surface area (Å²) in [6, 6.07) is -0.925. The molecular formula is C18H23N3O5S. The SMILES string of the molecule is CCOC(=O)c1sc(NC(=O)[C@@H](C)N2C(=O)[C@H]3CCCC[C@H]3C2=O)nc1C. The largest absolute Gasteiger partial charge is 0.462 e. The fourth-order valence-corrected chi connectivity index (χ4v) is 4.60. The lowest BCUT2D eigenvalue weighted by Crippen LogP contribution is -2.46. The van der Waals surface area contributed by atoms with Gasteiger partial charge >= 0.3 is 5.97 Å². The maximum absolute atomic E-state index is 12.6. The average Bonchev–Trinajstić information content (AvgIpc) is 3.13. The molecule has 0 unspecified atom stereocenters. The number of ether oxygens (including phenoxy) is 1. The molecule has 1 saturated heterocycles. The molecule has 0 spiro atoms. The number of esters is 1. The van der Waals surface area contributed by atoms with Gasteiger partial charge in [0, 0.05) is 0 Å². The predicted octanol–water partition coefficient (Wildman–Crippen LogP) is 2.13. The molecule has 3 atom stereocenters. The minimum atomic E-state index is -0.925. The lowest BCUT2D eigenvalue weighted by Gasteiger charge is -2.21. The maximum atomic E-state index is 12.6. The Morgan fingerprint density at radius 3 is 2.41 bits per heavy atom. The van der Waals surface area contributed by atoms with Crippen molar-refractivity contribution in [2.45, 2.75) is 52.5 Å². The number of aryl methyl sites for hydroxylation is 1. The second-order valence-corrected chi connectivity index (χ2v) is 7.86. The summed E-state index contributed by atoms with van der Waals surface area (Å²) in [6.07, 6.45) is 3.27. The van der Waals surface area contributed by atoms with Gasteiger partial charge in [0.1, 0.15) is 10.9 Å². The van der Waals surface area contributed by atoms with E-state index >= 15 is 0 Å². The Kier molecular flexibility index (Phi) is 5.59. The third-order valence-corrected chi connectivity index (χ3v) is 6.18. The third kappa shape index (κ3) is 3.60. The molecule has 8 nitrogen and oxygen atoms in total. The molecule has 9 heteroatoms. The van der Waals surface area contributed by atoms with Gasteiger partial charge in [-0.15, -0.1) is 0 Å². The van der Waals surface area contributed by atoms with Gasteiger partial charge in [0.15, 0.2) is 5.13 Å². The van der Waals surface area contributed by atoms with Crippen LogP contribution in [-0.2, 0) is 19.1 Å².